The van der Waals surface area contributed by atoms with E-state index in [1.165, 1.54) is 0 Å². The number of halogens is 1. The molecule has 0 aliphatic carbocycles. The number of amides is 1. The molecule has 4 nitrogen and oxygen atoms in total. The van der Waals surface area contributed by atoms with Gasteiger partial charge in [-0.1, -0.05) is 6.92 Å². The molecule has 1 amide bonds. The van der Waals surface area contributed by atoms with Crippen molar-refractivity contribution in [2.45, 2.75) is 32.7 Å². The average molecular weight is 300 g/mol. The highest BCUT2D eigenvalue weighted by atomic mass is 79.9. The van der Waals surface area contributed by atoms with Crippen molar-refractivity contribution < 1.29 is 4.79 Å². The van der Waals surface area contributed by atoms with Gasteiger partial charge in [0, 0.05) is 19.3 Å². The van der Waals surface area contributed by atoms with E-state index in [0.717, 1.165) is 36.3 Å². The molecule has 0 aromatic carbocycles. The Bertz CT molecular complexity index is 396. The summed E-state index contributed by atoms with van der Waals surface area (Å²) in [4.78, 5) is 14.2. The summed E-state index contributed by atoms with van der Waals surface area (Å²) in [5, 5.41) is 4.17. The summed E-state index contributed by atoms with van der Waals surface area (Å²) in [5.41, 5.74) is 0. The molecular formula is C12H18BrN3O. The Balaban J connectivity index is 2.00. The van der Waals surface area contributed by atoms with Crippen LogP contribution in [0.1, 0.15) is 32.7 Å². The number of rotatable bonds is 2. The van der Waals surface area contributed by atoms with E-state index in [9.17, 15) is 4.79 Å². The van der Waals surface area contributed by atoms with Gasteiger partial charge in [0.2, 0.25) is 5.91 Å². The van der Waals surface area contributed by atoms with E-state index >= 15 is 0 Å². The maximum atomic E-state index is 12.3. The third kappa shape index (κ3) is 2.89. The van der Waals surface area contributed by atoms with Crippen LogP contribution < -0.4 is 0 Å². The van der Waals surface area contributed by atoms with Crippen molar-refractivity contribution in [1.29, 1.82) is 0 Å². The van der Waals surface area contributed by atoms with Crippen LogP contribution in [0.5, 0.6) is 0 Å². The van der Waals surface area contributed by atoms with Crippen molar-refractivity contribution in [2.75, 3.05) is 13.1 Å². The molecule has 5 heteroatoms. The quantitative estimate of drug-likeness (QED) is 0.841. The van der Waals surface area contributed by atoms with Crippen LogP contribution in [0.4, 0.5) is 0 Å². The maximum Gasteiger partial charge on any atom is 0.247 e. The fraction of sp³-hybridized carbons (Fsp3) is 0.667. The highest BCUT2D eigenvalue weighted by Gasteiger charge is 2.25. The Labute approximate surface area is 110 Å². The molecule has 2 rings (SSSR count). The number of carbonyl (C=O) groups excluding carboxylic acids is 1. The first kappa shape index (κ1) is 12.6. The number of aromatic nitrogens is 2. The average Bonchev–Trinajstić information content (AvgIpc) is 2.75. The summed E-state index contributed by atoms with van der Waals surface area (Å²) in [5.74, 6) is 0.917. The molecule has 1 aliphatic heterocycles. The second kappa shape index (κ2) is 5.21. The van der Waals surface area contributed by atoms with Crippen molar-refractivity contribution in [3.63, 3.8) is 0 Å². The molecule has 0 spiro atoms. The molecule has 17 heavy (non-hydrogen) atoms. The largest absolute Gasteiger partial charge is 0.341 e. The fourth-order valence-electron chi connectivity index (χ4n) is 2.13. The molecule has 1 atom stereocenters. The van der Waals surface area contributed by atoms with Gasteiger partial charge >= 0.3 is 0 Å². The zero-order chi connectivity index (χ0) is 12.4. The zero-order valence-electron chi connectivity index (χ0n) is 10.3. The van der Waals surface area contributed by atoms with Crippen molar-refractivity contribution in [2.24, 2.45) is 5.92 Å². The second-order valence-electron chi connectivity index (χ2n) is 4.82. The van der Waals surface area contributed by atoms with Crippen molar-refractivity contribution in [3.8, 4) is 0 Å². The van der Waals surface area contributed by atoms with E-state index in [4.69, 9.17) is 0 Å². The minimum Gasteiger partial charge on any atom is -0.341 e. The normalized spacial score (nSPS) is 19.4. The Morgan fingerprint density at radius 3 is 2.71 bits per heavy atom. The standard InChI is InChI=1S/C12H18BrN3O/c1-9-3-5-15(6-4-9)12(17)10(2)16-8-11(13)7-14-16/h7-10H,3-6H2,1-2H3. The van der Waals surface area contributed by atoms with E-state index in [1.54, 1.807) is 10.9 Å². The lowest BCUT2D eigenvalue weighted by molar-refractivity contribution is -0.135. The number of carbonyl (C=O) groups is 1. The van der Waals surface area contributed by atoms with E-state index in [2.05, 4.69) is 28.0 Å². The molecule has 0 radical (unpaired) electrons. The van der Waals surface area contributed by atoms with Crippen LogP contribution >= 0.6 is 15.9 Å². The Kier molecular flexibility index (Phi) is 3.86. The number of hydrogen-bond acceptors (Lipinski definition) is 2. The number of piperidine rings is 1. The highest BCUT2D eigenvalue weighted by Crippen LogP contribution is 2.20. The van der Waals surface area contributed by atoms with E-state index in [1.807, 2.05) is 18.0 Å². The third-order valence-electron chi connectivity index (χ3n) is 3.42. The fourth-order valence-corrected chi connectivity index (χ4v) is 2.43. The van der Waals surface area contributed by atoms with Crippen LogP contribution in [0.3, 0.4) is 0 Å². The van der Waals surface area contributed by atoms with Crippen LogP contribution in [0.25, 0.3) is 0 Å². The van der Waals surface area contributed by atoms with Crippen LogP contribution in [-0.2, 0) is 4.79 Å². The van der Waals surface area contributed by atoms with Gasteiger partial charge in [0.25, 0.3) is 0 Å². The number of hydrogen-bond donors (Lipinski definition) is 0. The van der Waals surface area contributed by atoms with Crippen molar-refractivity contribution in [3.05, 3.63) is 16.9 Å². The highest BCUT2D eigenvalue weighted by molar-refractivity contribution is 9.10. The van der Waals surface area contributed by atoms with Crippen LogP contribution in [0.15, 0.2) is 16.9 Å². The molecule has 1 aromatic heterocycles. The molecule has 1 unspecified atom stereocenters. The SMILES string of the molecule is CC1CCN(C(=O)C(C)n2cc(Br)cn2)CC1. The second-order valence-corrected chi connectivity index (χ2v) is 5.74. The van der Waals surface area contributed by atoms with Crippen molar-refractivity contribution in [1.82, 2.24) is 14.7 Å². The van der Waals surface area contributed by atoms with Crippen LogP contribution in [0, 0.1) is 5.92 Å². The first-order chi connectivity index (χ1) is 8.08. The summed E-state index contributed by atoms with van der Waals surface area (Å²) >= 11 is 3.35. The van der Waals surface area contributed by atoms with E-state index in [0.29, 0.717) is 0 Å². The lowest BCUT2D eigenvalue weighted by Gasteiger charge is -2.32. The minimum atomic E-state index is -0.213. The molecule has 2 heterocycles. The van der Waals surface area contributed by atoms with Crippen LogP contribution in [-0.4, -0.2) is 33.7 Å². The predicted octanol–water partition coefficient (Wildman–Crippen LogP) is 2.47. The maximum absolute atomic E-state index is 12.3. The lowest BCUT2D eigenvalue weighted by atomic mass is 9.99. The number of nitrogens with zero attached hydrogens (tertiary/aromatic N) is 3. The predicted molar refractivity (Wildman–Crippen MR) is 69.6 cm³/mol. The molecule has 0 N–H and O–H groups in total. The van der Waals surface area contributed by atoms with Gasteiger partial charge in [-0.05, 0) is 41.6 Å². The molecular weight excluding hydrogens is 282 g/mol. The zero-order valence-corrected chi connectivity index (χ0v) is 11.9. The molecule has 0 bridgehead atoms. The van der Waals surface area contributed by atoms with Gasteiger partial charge in [0.05, 0.1) is 10.7 Å². The van der Waals surface area contributed by atoms with Gasteiger partial charge in [-0.15, -0.1) is 0 Å². The van der Waals surface area contributed by atoms with Gasteiger partial charge < -0.3 is 4.90 Å². The summed E-state index contributed by atoms with van der Waals surface area (Å²) in [6.07, 6.45) is 5.78. The molecule has 94 valence electrons. The molecule has 0 saturated carbocycles. The molecule has 1 saturated heterocycles. The topological polar surface area (TPSA) is 38.1 Å². The minimum absolute atomic E-state index is 0.174. The van der Waals surface area contributed by atoms with Gasteiger partial charge in [0.1, 0.15) is 6.04 Å². The third-order valence-corrected chi connectivity index (χ3v) is 3.83. The summed E-state index contributed by atoms with van der Waals surface area (Å²) < 4.78 is 2.62. The van der Waals surface area contributed by atoms with Gasteiger partial charge in [-0.3, -0.25) is 9.48 Å². The first-order valence-electron chi connectivity index (χ1n) is 6.06. The summed E-state index contributed by atoms with van der Waals surface area (Å²) in [7, 11) is 0. The van der Waals surface area contributed by atoms with Gasteiger partial charge in [-0.25, -0.2) is 0 Å². The monoisotopic (exact) mass is 299 g/mol. The Morgan fingerprint density at radius 1 is 1.53 bits per heavy atom. The molecule has 1 aliphatic rings. The smallest absolute Gasteiger partial charge is 0.247 e. The Morgan fingerprint density at radius 2 is 2.18 bits per heavy atom. The summed E-state index contributed by atoms with van der Waals surface area (Å²) in [6, 6.07) is -0.213. The first-order valence-corrected chi connectivity index (χ1v) is 6.85. The summed E-state index contributed by atoms with van der Waals surface area (Å²) in [6.45, 7) is 5.91. The molecule has 1 fully saturated rings. The number of likely N-dealkylation sites (tertiary alicyclic amines) is 1. The Hall–Kier alpha value is -0.840. The van der Waals surface area contributed by atoms with E-state index < -0.39 is 0 Å². The molecule has 1 aromatic rings. The van der Waals surface area contributed by atoms with E-state index in [-0.39, 0.29) is 11.9 Å². The lowest BCUT2D eigenvalue weighted by Crippen LogP contribution is -2.41. The van der Waals surface area contributed by atoms with Gasteiger partial charge in [0.15, 0.2) is 0 Å². The van der Waals surface area contributed by atoms with Crippen LogP contribution in [0.2, 0.25) is 0 Å². The van der Waals surface area contributed by atoms with Gasteiger partial charge in [-0.2, -0.15) is 5.10 Å². The van der Waals surface area contributed by atoms with Crippen molar-refractivity contribution >= 4 is 21.8 Å².